The molecule has 0 saturated heterocycles. The first-order valence-electron chi connectivity index (χ1n) is 6.80. The van der Waals surface area contributed by atoms with Gasteiger partial charge in [-0.3, -0.25) is 4.79 Å². The Hall–Kier alpha value is -2.31. The maximum Gasteiger partial charge on any atom is 0.416 e. The lowest BCUT2D eigenvalue weighted by Gasteiger charge is -2.20. The van der Waals surface area contributed by atoms with Crippen molar-refractivity contribution < 1.29 is 27.5 Å². The fourth-order valence-corrected chi connectivity index (χ4v) is 1.62. The van der Waals surface area contributed by atoms with E-state index < -0.39 is 35.8 Å². The van der Waals surface area contributed by atoms with Crippen LogP contribution >= 0.6 is 0 Å². The molecule has 0 aliphatic rings. The number of carbonyl (C=O) groups excluding carboxylic acids is 2. The van der Waals surface area contributed by atoms with Gasteiger partial charge in [0.05, 0.1) is 5.56 Å². The summed E-state index contributed by atoms with van der Waals surface area (Å²) < 4.78 is 42.4. The van der Waals surface area contributed by atoms with Crippen molar-refractivity contribution >= 4 is 18.0 Å². The van der Waals surface area contributed by atoms with Crippen molar-refractivity contribution in [2.24, 2.45) is 0 Å². The number of ether oxygens (including phenoxy) is 1. The number of halogens is 3. The van der Waals surface area contributed by atoms with Crippen LogP contribution in [0, 0.1) is 0 Å². The first-order valence-corrected chi connectivity index (χ1v) is 6.80. The van der Waals surface area contributed by atoms with Crippen LogP contribution in [0.4, 0.5) is 13.2 Å². The molecule has 0 aromatic heterocycles. The quantitative estimate of drug-likeness (QED) is 0.682. The molecule has 0 fully saturated rings. The maximum absolute atomic E-state index is 12.6. The van der Waals surface area contributed by atoms with E-state index in [0.29, 0.717) is 0 Å². The molecule has 23 heavy (non-hydrogen) atoms. The molecule has 0 unspecified atom stereocenters. The summed E-state index contributed by atoms with van der Waals surface area (Å²) in [5.74, 6) is -1.27. The molecule has 0 atom stereocenters. The Kier molecular flexibility index (Phi) is 5.95. The van der Waals surface area contributed by atoms with Crippen LogP contribution in [0.1, 0.15) is 31.9 Å². The number of amides is 1. The van der Waals surface area contributed by atoms with Crippen LogP contribution in [0.2, 0.25) is 0 Å². The molecule has 0 spiro atoms. The van der Waals surface area contributed by atoms with E-state index in [1.54, 1.807) is 20.8 Å². The summed E-state index contributed by atoms with van der Waals surface area (Å²) in [5.41, 5.74) is -1.05. The van der Waals surface area contributed by atoms with Gasteiger partial charge in [-0.1, -0.05) is 12.1 Å². The summed E-state index contributed by atoms with van der Waals surface area (Å²) in [6.45, 7) is 4.88. The highest BCUT2D eigenvalue weighted by Gasteiger charge is 2.30. The van der Waals surface area contributed by atoms with Crippen LogP contribution in [0.15, 0.2) is 30.3 Å². The smallest absolute Gasteiger partial charge is 0.416 e. The Labute approximate surface area is 132 Å². The largest absolute Gasteiger partial charge is 0.452 e. The van der Waals surface area contributed by atoms with Gasteiger partial charge < -0.3 is 10.1 Å². The van der Waals surface area contributed by atoms with Crippen molar-refractivity contribution in [2.45, 2.75) is 32.5 Å². The van der Waals surface area contributed by atoms with Crippen molar-refractivity contribution in [2.75, 3.05) is 6.61 Å². The van der Waals surface area contributed by atoms with E-state index in [4.69, 9.17) is 4.74 Å². The molecule has 7 heteroatoms. The molecule has 1 rings (SSSR count). The van der Waals surface area contributed by atoms with E-state index in [0.717, 1.165) is 18.2 Å². The molecule has 0 heterocycles. The van der Waals surface area contributed by atoms with Crippen molar-refractivity contribution in [3.8, 4) is 0 Å². The number of alkyl halides is 3. The summed E-state index contributed by atoms with van der Waals surface area (Å²) in [7, 11) is 0. The van der Waals surface area contributed by atoms with Crippen LogP contribution in [0.5, 0.6) is 0 Å². The van der Waals surface area contributed by atoms with Crippen molar-refractivity contribution in [3.05, 3.63) is 41.5 Å². The van der Waals surface area contributed by atoms with Crippen LogP contribution in [0.3, 0.4) is 0 Å². The van der Waals surface area contributed by atoms with Gasteiger partial charge in [-0.2, -0.15) is 13.2 Å². The van der Waals surface area contributed by atoms with Gasteiger partial charge in [-0.15, -0.1) is 0 Å². The second kappa shape index (κ2) is 7.30. The normalized spacial score (nSPS) is 12.3. The van der Waals surface area contributed by atoms with Gasteiger partial charge in [0.1, 0.15) is 0 Å². The lowest BCUT2D eigenvalue weighted by atomic mass is 10.1. The third kappa shape index (κ3) is 7.49. The van der Waals surface area contributed by atoms with E-state index in [2.05, 4.69) is 5.32 Å². The second-order valence-electron chi connectivity index (χ2n) is 5.86. The molecule has 1 aromatic rings. The number of esters is 1. The monoisotopic (exact) mass is 329 g/mol. The number of nitrogens with one attached hydrogen (secondary N) is 1. The van der Waals surface area contributed by atoms with E-state index in [-0.39, 0.29) is 5.56 Å². The number of benzene rings is 1. The Morgan fingerprint density at radius 1 is 1.22 bits per heavy atom. The van der Waals surface area contributed by atoms with E-state index in [1.165, 1.54) is 18.2 Å². The lowest BCUT2D eigenvalue weighted by Crippen LogP contribution is -2.42. The van der Waals surface area contributed by atoms with Gasteiger partial charge in [-0.25, -0.2) is 4.79 Å². The minimum atomic E-state index is -4.45. The Balaban J connectivity index is 2.58. The molecule has 0 radical (unpaired) electrons. The summed E-state index contributed by atoms with van der Waals surface area (Å²) in [6, 6.07) is 4.51. The first kappa shape index (κ1) is 18.7. The van der Waals surface area contributed by atoms with Crippen molar-refractivity contribution in [3.63, 3.8) is 0 Å². The second-order valence-corrected chi connectivity index (χ2v) is 5.86. The van der Waals surface area contributed by atoms with Crippen LogP contribution < -0.4 is 5.32 Å². The molecule has 0 saturated carbocycles. The summed E-state index contributed by atoms with van der Waals surface area (Å²) in [4.78, 5) is 22.9. The van der Waals surface area contributed by atoms with Gasteiger partial charge in [0.15, 0.2) is 6.61 Å². The standard InChI is InChI=1S/C16H18F3NO3/c1-15(2,3)20-13(21)10-23-14(22)8-7-11-5-4-6-12(9-11)16(17,18)19/h4-9H,10H2,1-3H3,(H,20,21)/b8-7+. The lowest BCUT2D eigenvalue weighted by molar-refractivity contribution is -0.144. The van der Waals surface area contributed by atoms with Crippen molar-refractivity contribution in [1.82, 2.24) is 5.32 Å². The highest BCUT2D eigenvalue weighted by atomic mass is 19.4. The molecule has 1 aromatic carbocycles. The van der Waals surface area contributed by atoms with Gasteiger partial charge in [0, 0.05) is 11.6 Å². The zero-order valence-corrected chi connectivity index (χ0v) is 13.0. The molecule has 4 nitrogen and oxygen atoms in total. The van der Waals surface area contributed by atoms with Gasteiger partial charge >= 0.3 is 12.1 Å². The number of rotatable bonds is 4. The topological polar surface area (TPSA) is 55.4 Å². The third-order valence-electron chi connectivity index (χ3n) is 2.49. The minimum Gasteiger partial charge on any atom is -0.452 e. The number of hydrogen-bond donors (Lipinski definition) is 1. The van der Waals surface area contributed by atoms with Gasteiger partial charge in [-0.05, 0) is 44.5 Å². The first-order chi connectivity index (χ1) is 10.5. The third-order valence-corrected chi connectivity index (χ3v) is 2.49. The number of hydrogen-bond acceptors (Lipinski definition) is 3. The van der Waals surface area contributed by atoms with E-state index >= 15 is 0 Å². The zero-order valence-electron chi connectivity index (χ0n) is 13.0. The summed E-state index contributed by atoms with van der Waals surface area (Å²) in [6.07, 6.45) is -2.28. The number of carbonyl (C=O) groups is 2. The highest BCUT2D eigenvalue weighted by molar-refractivity contribution is 5.89. The molecule has 0 aliphatic carbocycles. The van der Waals surface area contributed by atoms with Crippen LogP contribution in [-0.2, 0) is 20.5 Å². The van der Waals surface area contributed by atoms with Crippen LogP contribution in [-0.4, -0.2) is 24.0 Å². The summed E-state index contributed by atoms with van der Waals surface area (Å²) in [5, 5.41) is 2.61. The fraction of sp³-hybridized carbons (Fsp3) is 0.375. The molecule has 1 N–H and O–H groups in total. The van der Waals surface area contributed by atoms with Crippen LogP contribution in [0.25, 0.3) is 6.08 Å². The highest BCUT2D eigenvalue weighted by Crippen LogP contribution is 2.29. The predicted molar refractivity (Wildman–Crippen MR) is 79.3 cm³/mol. The fourth-order valence-electron chi connectivity index (χ4n) is 1.62. The molecule has 0 bridgehead atoms. The minimum absolute atomic E-state index is 0.205. The average molecular weight is 329 g/mol. The maximum atomic E-state index is 12.6. The SMILES string of the molecule is CC(C)(C)NC(=O)COC(=O)/C=C/c1cccc(C(F)(F)F)c1. The molecular formula is C16H18F3NO3. The Bertz CT molecular complexity index is 601. The zero-order chi connectivity index (χ0) is 17.7. The van der Waals surface area contributed by atoms with E-state index in [9.17, 15) is 22.8 Å². The average Bonchev–Trinajstić information content (AvgIpc) is 2.40. The Morgan fingerprint density at radius 3 is 2.43 bits per heavy atom. The van der Waals surface area contributed by atoms with Crippen molar-refractivity contribution in [1.29, 1.82) is 0 Å². The van der Waals surface area contributed by atoms with Gasteiger partial charge in [0.2, 0.25) is 0 Å². The van der Waals surface area contributed by atoms with E-state index in [1.807, 2.05) is 0 Å². The summed E-state index contributed by atoms with van der Waals surface area (Å²) >= 11 is 0. The molecule has 1 amide bonds. The molecule has 0 aliphatic heterocycles. The predicted octanol–water partition coefficient (Wildman–Crippen LogP) is 3.18. The molecule has 126 valence electrons. The Morgan fingerprint density at radius 2 is 1.87 bits per heavy atom. The van der Waals surface area contributed by atoms with Gasteiger partial charge in [0.25, 0.3) is 5.91 Å². The molecular weight excluding hydrogens is 311 g/mol.